The van der Waals surface area contributed by atoms with Gasteiger partial charge in [-0.15, -0.1) is 0 Å². The predicted molar refractivity (Wildman–Crippen MR) is 96.2 cm³/mol. The van der Waals surface area contributed by atoms with Crippen LogP contribution in [-0.2, 0) is 27.5 Å². The summed E-state index contributed by atoms with van der Waals surface area (Å²) < 4.78 is 75.8. The molecule has 0 spiro atoms. The maximum Gasteiger partial charge on any atom is 0.416 e. The molecule has 30 heavy (non-hydrogen) atoms. The van der Waals surface area contributed by atoms with Crippen LogP contribution in [0.1, 0.15) is 17.5 Å². The standard InChI is InChI=1S/C18H17F3N2O6S/c19-18(20,21)13-2-4-14(5-3-13)30(26,27)23(8-7-17(24)22-25)10-12-1-6-15-16(9-12)29-11-28-15/h1-6,9,25H,7-8,10-11H2,(H,22,24). The van der Waals surface area contributed by atoms with Gasteiger partial charge in [0.1, 0.15) is 0 Å². The number of alkyl halides is 3. The molecule has 1 amide bonds. The molecule has 0 unspecified atom stereocenters. The Hall–Kier alpha value is -2.83. The van der Waals surface area contributed by atoms with E-state index in [0.29, 0.717) is 29.2 Å². The number of sulfonamides is 1. The van der Waals surface area contributed by atoms with E-state index in [-0.39, 0.29) is 31.2 Å². The third-order valence-corrected chi connectivity index (χ3v) is 6.19. The van der Waals surface area contributed by atoms with Crippen molar-refractivity contribution >= 4 is 15.9 Å². The number of hydroxylamine groups is 1. The van der Waals surface area contributed by atoms with Crippen molar-refractivity contribution in [1.82, 2.24) is 9.79 Å². The van der Waals surface area contributed by atoms with Crippen molar-refractivity contribution in [2.75, 3.05) is 13.3 Å². The number of halogens is 3. The lowest BCUT2D eigenvalue weighted by atomic mass is 10.2. The minimum Gasteiger partial charge on any atom is -0.454 e. The largest absolute Gasteiger partial charge is 0.454 e. The zero-order valence-electron chi connectivity index (χ0n) is 15.3. The van der Waals surface area contributed by atoms with Crippen molar-refractivity contribution in [2.45, 2.75) is 24.0 Å². The van der Waals surface area contributed by atoms with E-state index in [2.05, 4.69) is 0 Å². The monoisotopic (exact) mass is 446 g/mol. The van der Waals surface area contributed by atoms with Crippen LogP contribution >= 0.6 is 0 Å². The van der Waals surface area contributed by atoms with Gasteiger partial charge in [0.05, 0.1) is 10.5 Å². The van der Waals surface area contributed by atoms with Gasteiger partial charge in [-0.25, -0.2) is 13.9 Å². The summed E-state index contributed by atoms with van der Waals surface area (Å²) in [7, 11) is -4.25. The first kappa shape index (κ1) is 21.9. The molecule has 1 heterocycles. The number of carbonyl (C=O) groups excluding carboxylic acids is 1. The summed E-state index contributed by atoms with van der Waals surface area (Å²) in [6, 6.07) is 7.84. The second kappa shape index (κ2) is 8.50. The Bertz CT molecular complexity index is 1030. The van der Waals surface area contributed by atoms with Crippen LogP contribution in [0, 0.1) is 0 Å². The fourth-order valence-electron chi connectivity index (χ4n) is 2.77. The minimum atomic E-state index is -4.60. The molecule has 0 aromatic heterocycles. The van der Waals surface area contributed by atoms with Crippen molar-refractivity contribution < 1.29 is 41.1 Å². The summed E-state index contributed by atoms with van der Waals surface area (Å²) in [5.41, 5.74) is 0.942. The first-order valence-corrected chi connectivity index (χ1v) is 10.0. The highest BCUT2D eigenvalue weighted by Crippen LogP contribution is 2.34. The van der Waals surface area contributed by atoms with Gasteiger partial charge >= 0.3 is 6.18 Å². The molecular formula is C18H17F3N2O6S. The van der Waals surface area contributed by atoms with Gasteiger partial charge in [0.15, 0.2) is 11.5 Å². The van der Waals surface area contributed by atoms with E-state index in [1.165, 1.54) is 5.48 Å². The zero-order valence-corrected chi connectivity index (χ0v) is 16.2. The van der Waals surface area contributed by atoms with Crippen LogP contribution in [0.5, 0.6) is 11.5 Å². The van der Waals surface area contributed by atoms with Gasteiger partial charge in [0.2, 0.25) is 22.7 Å². The molecule has 162 valence electrons. The summed E-state index contributed by atoms with van der Waals surface area (Å²) in [6.45, 7) is -0.466. The molecule has 0 bridgehead atoms. The topological polar surface area (TPSA) is 105 Å². The van der Waals surface area contributed by atoms with E-state index in [0.717, 1.165) is 16.4 Å². The fraction of sp³-hybridized carbons (Fsp3) is 0.278. The van der Waals surface area contributed by atoms with Crippen LogP contribution in [0.2, 0.25) is 0 Å². The maximum absolute atomic E-state index is 13.0. The van der Waals surface area contributed by atoms with Crippen molar-refractivity contribution in [1.29, 1.82) is 0 Å². The van der Waals surface area contributed by atoms with Gasteiger partial charge < -0.3 is 9.47 Å². The Morgan fingerprint density at radius 2 is 1.77 bits per heavy atom. The normalized spacial score (nSPS) is 13.5. The van der Waals surface area contributed by atoms with Gasteiger partial charge in [-0.1, -0.05) is 6.07 Å². The zero-order chi connectivity index (χ0) is 21.9. The number of fused-ring (bicyclic) bond motifs is 1. The third kappa shape index (κ3) is 4.83. The molecule has 0 radical (unpaired) electrons. The quantitative estimate of drug-likeness (QED) is 0.500. The maximum atomic E-state index is 13.0. The molecule has 2 aromatic carbocycles. The predicted octanol–water partition coefficient (Wildman–Crippen LogP) is 2.52. The molecule has 0 atom stereocenters. The van der Waals surface area contributed by atoms with Crippen LogP contribution in [0.3, 0.4) is 0 Å². The molecule has 0 saturated carbocycles. The summed E-state index contributed by atoms with van der Waals surface area (Å²) in [4.78, 5) is 11.0. The highest BCUT2D eigenvalue weighted by molar-refractivity contribution is 7.89. The highest BCUT2D eigenvalue weighted by atomic mass is 32.2. The van der Waals surface area contributed by atoms with Crippen LogP contribution in [0.25, 0.3) is 0 Å². The van der Waals surface area contributed by atoms with Crippen molar-refractivity contribution in [3.8, 4) is 11.5 Å². The van der Waals surface area contributed by atoms with Crippen molar-refractivity contribution in [3.63, 3.8) is 0 Å². The van der Waals surface area contributed by atoms with Crippen LogP contribution in [0.4, 0.5) is 13.2 Å². The number of benzene rings is 2. The van der Waals surface area contributed by atoms with E-state index in [1.54, 1.807) is 18.2 Å². The Labute approximate surface area is 169 Å². The fourth-order valence-corrected chi connectivity index (χ4v) is 4.20. The lowest BCUT2D eigenvalue weighted by Gasteiger charge is -2.22. The lowest BCUT2D eigenvalue weighted by Crippen LogP contribution is -2.34. The van der Waals surface area contributed by atoms with E-state index >= 15 is 0 Å². The summed E-state index contributed by atoms with van der Waals surface area (Å²) in [6.07, 6.45) is -4.96. The second-order valence-electron chi connectivity index (χ2n) is 6.33. The van der Waals surface area contributed by atoms with E-state index in [1.807, 2.05) is 0 Å². The summed E-state index contributed by atoms with van der Waals surface area (Å²) in [5.74, 6) is 0.108. The number of hydrogen-bond donors (Lipinski definition) is 2. The van der Waals surface area contributed by atoms with Gasteiger partial charge in [-0.05, 0) is 42.0 Å². The number of amides is 1. The molecule has 1 aliphatic rings. The number of nitrogens with one attached hydrogen (secondary N) is 1. The number of rotatable bonds is 7. The molecule has 0 aliphatic carbocycles. The molecule has 0 saturated heterocycles. The minimum absolute atomic E-state index is 0.0308. The average molecular weight is 446 g/mol. The molecule has 0 fully saturated rings. The van der Waals surface area contributed by atoms with Crippen LogP contribution in [0.15, 0.2) is 47.4 Å². The molecule has 12 heteroatoms. The SMILES string of the molecule is O=C(CCN(Cc1ccc2c(c1)OCO2)S(=O)(=O)c1ccc(C(F)(F)F)cc1)NO. The summed E-state index contributed by atoms with van der Waals surface area (Å²) >= 11 is 0. The first-order valence-electron chi connectivity index (χ1n) is 8.60. The Balaban J connectivity index is 1.89. The first-order chi connectivity index (χ1) is 14.1. The Morgan fingerprint density at radius 1 is 1.10 bits per heavy atom. The van der Waals surface area contributed by atoms with E-state index < -0.39 is 27.7 Å². The Kier molecular flexibility index (Phi) is 6.19. The highest BCUT2D eigenvalue weighted by Gasteiger charge is 2.32. The van der Waals surface area contributed by atoms with E-state index in [4.69, 9.17) is 14.7 Å². The molecule has 2 N–H and O–H groups in total. The van der Waals surface area contributed by atoms with Crippen molar-refractivity contribution in [3.05, 3.63) is 53.6 Å². The summed E-state index contributed by atoms with van der Waals surface area (Å²) in [5, 5.41) is 8.67. The Morgan fingerprint density at radius 3 is 2.40 bits per heavy atom. The number of ether oxygens (including phenoxy) is 2. The molecule has 8 nitrogen and oxygen atoms in total. The van der Waals surface area contributed by atoms with Gasteiger partial charge in [-0.3, -0.25) is 10.0 Å². The smallest absolute Gasteiger partial charge is 0.416 e. The molecule has 2 aromatic rings. The molecule has 1 aliphatic heterocycles. The van der Waals surface area contributed by atoms with Gasteiger partial charge in [0.25, 0.3) is 0 Å². The van der Waals surface area contributed by atoms with E-state index in [9.17, 15) is 26.4 Å². The molecule has 3 rings (SSSR count). The van der Waals surface area contributed by atoms with Crippen LogP contribution < -0.4 is 15.0 Å². The van der Waals surface area contributed by atoms with Crippen LogP contribution in [-0.4, -0.2) is 37.2 Å². The second-order valence-corrected chi connectivity index (χ2v) is 8.27. The lowest BCUT2D eigenvalue weighted by molar-refractivity contribution is -0.137. The number of carbonyl (C=O) groups is 1. The third-order valence-electron chi connectivity index (χ3n) is 4.33. The average Bonchev–Trinajstić information content (AvgIpc) is 3.18. The van der Waals surface area contributed by atoms with Gasteiger partial charge in [0, 0.05) is 19.5 Å². The van der Waals surface area contributed by atoms with Crippen molar-refractivity contribution in [2.24, 2.45) is 0 Å². The number of nitrogens with zero attached hydrogens (tertiary/aromatic N) is 1. The molecular weight excluding hydrogens is 429 g/mol. The van der Waals surface area contributed by atoms with Gasteiger partial charge in [-0.2, -0.15) is 17.5 Å². The number of hydrogen-bond acceptors (Lipinski definition) is 6.